The van der Waals surface area contributed by atoms with Gasteiger partial charge in [-0.05, 0) is 36.4 Å². The van der Waals surface area contributed by atoms with Gasteiger partial charge in [-0.25, -0.2) is 0 Å². The molecule has 0 bridgehead atoms. The Hall–Kier alpha value is -1.63. The molecular weight excluding hydrogens is 182 g/mol. The molecule has 0 saturated carbocycles. The molecule has 0 aliphatic rings. The van der Waals surface area contributed by atoms with E-state index in [4.69, 9.17) is 0 Å². The van der Waals surface area contributed by atoms with E-state index in [-0.39, 0.29) is 6.04 Å². The molecule has 0 unspecified atom stereocenters. The SMILES string of the molecule is C/C=N/[C@H](C)c1cccc2ccccc12. The molecule has 76 valence electrons. The van der Waals surface area contributed by atoms with Crippen LogP contribution in [0.4, 0.5) is 0 Å². The van der Waals surface area contributed by atoms with E-state index in [0.29, 0.717) is 0 Å². The van der Waals surface area contributed by atoms with Gasteiger partial charge in [0.15, 0.2) is 0 Å². The summed E-state index contributed by atoms with van der Waals surface area (Å²) in [5.74, 6) is 0. The van der Waals surface area contributed by atoms with E-state index in [1.165, 1.54) is 16.3 Å². The van der Waals surface area contributed by atoms with Crippen molar-refractivity contribution in [1.82, 2.24) is 0 Å². The molecule has 0 heterocycles. The quantitative estimate of drug-likeness (QED) is 0.645. The van der Waals surface area contributed by atoms with Gasteiger partial charge in [0, 0.05) is 0 Å². The molecule has 0 fully saturated rings. The molecule has 15 heavy (non-hydrogen) atoms. The number of aliphatic imine (C=N–C) groups is 1. The molecule has 2 rings (SSSR count). The number of rotatable bonds is 2. The summed E-state index contributed by atoms with van der Waals surface area (Å²) in [5, 5.41) is 2.59. The van der Waals surface area contributed by atoms with Crippen molar-refractivity contribution < 1.29 is 0 Å². The maximum absolute atomic E-state index is 4.42. The van der Waals surface area contributed by atoms with E-state index in [9.17, 15) is 0 Å². The molecule has 0 aliphatic carbocycles. The first-order valence-electron chi connectivity index (χ1n) is 5.28. The van der Waals surface area contributed by atoms with E-state index in [2.05, 4.69) is 54.4 Å². The van der Waals surface area contributed by atoms with Gasteiger partial charge in [-0.3, -0.25) is 4.99 Å². The Morgan fingerprint density at radius 1 is 1.07 bits per heavy atom. The average Bonchev–Trinajstić information content (AvgIpc) is 2.28. The highest BCUT2D eigenvalue weighted by Crippen LogP contribution is 2.25. The summed E-state index contributed by atoms with van der Waals surface area (Å²) in [6.45, 7) is 4.09. The van der Waals surface area contributed by atoms with Gasteiger partial charge in [0.1, 0.15) is 0 Å². The number of fused-ring (bicyclic) bond motifs is 1. The summed E-state index contributed by atoms with van der Waals surface area (Å²) in [5.41, 5.74) is 1.30. The number of hydrogen-bond acceptors (Lipinski definition) is 1. The summed E-state index contributed by atoms with van der Waals surface area (Å²) in [6.07, 6.45) is 1.87. The standard InChI is InChI=1S/C14H15N/c1-3-15-11(2)13-10-6-8-12-7-4-5-9-14(12)13/h3-11H,1-2H3/b15-3+/t11-/m1/s1. The van der Waals surface area contributed by atoms with Gasteiger partial charge in [-0.15, -0.1) is 0 Å². The lowest BCUT2D eigenvalue weighted by atomic mass is 10.0. The highest BCUT2D eigenvalue weighted by Gasteiger charge is 2.05. The number of benzene rings is 2. The van der Waals surface area contributed by atoms with Crippen LogP contribution in [-0.4, -0.2) is 6.21 Å². The maximum atomic E-state index is 4.42. The predicted octanol–water partition coefficient (Wildman–Crippen LogP) is 3.99. The Labute approximate surface area is 90.5 Å². The van der Waals surface area contributed by atoms with Gasteiger partial charge < -0.3 is 0 Å². The fraction of sp³-hybridized carbons (Fsp3) is 0.214. The first kappa shape index (κ1) is 9.91. The van der Waals surface area contributed by atoms with Crippen LogP contribution in [0.5, 0.6) is 0 Å². The summed E-state index contributed by atoms with van der Waals surface area (Å²) >= 11 is 0. The fourth-order valence-corrected chi connectivity index (χ4v) is 1.92. The van der Waals surface area contributed by atoms with E-state index in [1.54, 1.807) is 0 Å². The zero-order valence-electron chi connectivity index (χ0n) is 9.14. The number of hydrogen-bond donors (Lipinski definition) is 0. The van der Waals surface area contributed by atoms with Crippen LogP contribution in [0.1, 0.15) is 25.5 Å². The fourth-order valence-electron chi connectivity index (χ4n) is 1.92. The molecule has 1 nitrogen and oxygen atoms in total. The van der Waals surface area contributed by atoms with Gasteiger partial charge in [-0.1, -0.05) is 42.5 Å². The van der Waals surface area contributed by atoms with Crippen LogP contribution >= 0.6 is 0 Å². The molecular formula is C14H15N. The molecule has 1 heteroatoms. The Morgan fingerprint density at radius 2 is 1.80 bits per heavy atom. The third-order valence-corrected chi connectivity index (χ3v) is 2.65. The Balaban J connectivity index is 2.60. The van der Waals surface area contributed by atoms with Crippen molar-refractivity contribution in [1.29, 1.82) is 0 Å². The second-order valence-corrected chi connectivity index (χ2v) is 3.65. The summed E-state index contributed by atoms with van der Waals surface area (Å²) in [6, 6.07) is 15.1. The van der Waals surface area contributed by atoms with Crippen LogP contribution < -0.4 is 0 Å². The van der Waals surface area contributed by atoms with Crippen LogP contribution in [0.15, 0.2) is 47.5 Å². The van der Waals surface area contributed by atoms with Gasteiger partial charge in [-0.2, -0.15) is 0 Å². The molecule has 0 N–H and O–H groups in total. The minimum absolute atomic E-state index is 0.237. The molecule has 0 saturated heterocycles. The first-order valence-corrected chi connectivity index (χ1v) is 5.28. The molecule has 0 amide bonds. The molecule has 1 atom stereocenters. The Kier molecular flexibility index (Phi) is 2.82. The van der Waals surface area contributed by atoms with Gasteiger partial charge in [0.05, 0.1) is 6.04 Å². The molecule has 0 spiro atoms. The van der Waals surface area contributed by atoms with Crippen molar-refractivity contribution >= 4 is 17.0 Å². The zero-order valence-corrected chi connectivity index (χ0v) is 9.14. The van der Waals surface area contributed by atoms with Crippen LogP contribution in [0.2, 0.25) is 0 Å². The van der Waals surface area contributed by atoms with Crippen molar-refractivity contribution in [3.8, 4) is 0 Å². The van der Waals surface area contributed by atoms with E-state index >= 15 is 0 Å². The van der Waals surface area contributed by atoms with Crippen molar-refractivity contribution in [2.24, 2.45) is 4.99 Å². The molecule has 0 aromatic heterocycles. The minimum Gasteiger partial charge on any atom is -0.290 e. The van der Waals surface area contributed by atoms with Crippen molar-refractivity contribution in [2.45, 2.75) is 19.9 Å². The second-order valence-electron chi connectivity index (χ2n) is 3.65. The summed E-state index contributed by atoms with van der Waals surface area (Å²) in [4.78, 5) is 4.42. The normalized spacial score (nSPS) is 13.5. The van der Waals surface area contributed by atoms with Crippen LogP contribution in [0.25, 0.3) is 10.8 Å². The van der Waals surface area contributed by atoms with Crippen LogP contribution in [0, 0.1) is 0 Å². The van der Waals surface area contributed by atoms with Crippen LogP contribution in [0.3, 0.4) is 0 Å². The van der Waals surface area contributed by atoms with Gasteiger partial charge in [0.25, 0.3) is 0 Å². The Bertz CT molecular complexity index is 480. The third-order valence-electron chi connectivity index (χ3n) is 2.65. The second kappa shape index (κ2) is 4.26. The predicted molar refractivity (Wildman–Crippen MR) is 66.5 cm³/mol. The lowest BCUT2D eigenvalue weighted by Crippen LogP contribution is -1.91. The first-order chi connectivity index (χ1) is 7.33. The maximum Gasteiger partial charge on any atom is 0.0722 e. The summed E-state index contributed by atoms with van der Waals surface area (Å²) < 4.78 is 0. The average molecular weight is 197 g/mol. The highest BCUT2D eigenvalue weighted by molar-refractivity contribution is 5.86. The topological polar surface area (TPSA) is 12.4 Å². The van der Waals surface area contributed by atoms with E-state index in [1.807, 2.05) is 13.1 Å². The van der Waals surface area contributed by atoms with Crippen molar-refractivity contribution in [3.63, 3.8) is 0 Å². The third kappa shape index (κ3) is 1.91. The van der Waals surface area contributed by atoms with E-state index in [0.717, 1.165) is 0 Å². The Morgan fingerprint density at radius 3 is 2.60 bits per heavy atom. The van der Waals surface area contributed by atoms with Gasteiger partial charge >= 0.3 is 0 Å². The molecule has 2 aromatic rings. The lowest BCUT2D eigenvalue weighted by Gasteiger charge is -2.10. The lowest BCUT2D eigenvalue weighted by molar-refractivity contribution is 0.833. The zero-order chi connectivity index (χ0) is 10.7. The molecule has 2 aromatic carbocycles. The van der Waals surface area contributed by atoms with Gasteiger partial charge in [0.2, 0.25) is 0 Å². The smallest absolute Gasteiger partial charge is 0.0722 e. The number of nitrogens with zero attached hydrogens (tertiary/aromatic N) is 1. The van der Waals surface area contributed by atoms with Crippen molar-refractivity contribution in [3.05, 3.63) is 48.0 Å². The molecule has 0 aliphatic heterocycles. The van der Waals surface area contributed by atoms with E-state index < -0.39 is 0 Å². The largest absolute Gasteiger partial charge is 0.290 e. The monoisotopic (exact) mass is 197 g/mol. The minimum atomic E-state index is 0.237. The molecule has 0 radical (unpaired) electrons. The van der Waals surface area contributed by atoms with Crippen molar-refractivity contribution in [2.75, 3.05) is 0 Å². The van der Waals surface area contributed by atoms with Crippen LogP contribution in [-0.2, 0) is 0 Å². The highest BCUT2D eigenvalue weighted by atomic mass is 14.7. The summed E-state index contributed by atoms with van der Waals surface area (Å²) in [7, 11) is 0.